The standard InChI is InChI=1S/C2H4O2S.ClH/c3-5(4)1-2-5;/h1-2H2;1H. The molecule has 38 valence electrons. The lowest BCUT2D eigenvalue weighted by molar-refractivity contribution is 0.615. The highest BCUT2D eigenvalue weighted by Crippen LogP contribution is 2.04. The number of hydrogen-bond acceptors (Lipinski definition) is 2. The Kier molecular flexibility index (Phi) is 1.44. The highest BCUT2D eigenvalue weighted by atomic mass is 35.5. The molecule has 0 bridgehead atoms. The van der Waals surface area contributed by atoms with E-state index >= 15 is 0 Å². The van der Waals surface area contributed by atoms with Crippen LogP contribution < -0.4 is 0 Å². The van der Waals surface area contributed by atoms with Crippen LogP contribution in [0.1, 0.15) is 0 Å². The number of hydrogen-bond donors (Lipinski definition) is 0. The van der Waals surface area contributed by atoms with E-state index < -0.39 is 9.84 Å². The van der Waals surface area contributed by atoms with Gasteiger partial charge in [-0.05, 0) is 0 Å². The number of halogens is 1. The van der Waals surface area contributed by atoms with E-state index in [-0.39, 0.29) is 12.4 Å². The van der Waals surface area contributed by atoms with Gasteiger partial charge in [0.15, 0.2) is 9.84 Å². The Balaban J connectivity index is 0.000000250. The Hall–Kier alpha value is 0.240. The molecule has 0 aromatic rings. The second-order valence-corrected chi connectivity index (χ2v) is 3.46. The number of sulfone groups is 1. The van der Waals surface area contributed by atoms with E-state index in [4.69, 9.17) is 0 Å². The molecule has 0 saturated carbocycles. The molecule has 2 nitrogen and oxygen atoms in total. The summed E-state index contributed by atoms with van der Waals surface area (Å²) in [6, 6.07) is 0. The third-order valence-corrected chi connectivity index (χ3v) is 1.61. The van der Waals surface area contributed by atoms with E-state index in [0.717, 1.165) is 0 Å². The van der Waals surface area contributed by atoms with Crippen molar-refractivity contribution < 1.29 is 8.42 Å². The minimum atomic E-state index is -2.42. The van der Waals surface area contributed by atoms with Crippen LogP contribution in [0.25, 0.3) is 0 Å². The second-order valence-electron chi connectivity index (χ2n) is 1.15. The topological polar surface area (TPSA) is 34.1 Å². The highest BCUT2D eigenvalue weighted by molar-refractivity contribution is 7.98. The van der Waals surface area contributed by atoms with Crippen molar-refractivity contribution >= 4 is 22.2 Å². The van der Waals surface area contributed by atoms with Crippen LogP contribution >= 0.6 is 12.4 Å². The Morgan fingerprint density at radius 3 is 1.33 bits per heavy atom. The normalized spacial score (nSPS) is 24.7. The van der Waals surface area contributed by atoms with Gasteiger partial charge >= 0.3 is 0 Å². The van der Waals surface area contributed by atoms with Crippen LogP contribution in [0.4, 0.5) is 0 Å². The molecule has 0 amide bonds. The predicted octanol–water partition coefficient (Wildman–Crippen LogP) is -0.163. The summed E-state index contributed by atoms with van der Waals surface area (Å²) in [5.74, 6) is 0.847. The summed E-state index contributed by atoms with van der Waals surface area (Å²) in [6.07, 6.45) is 0. The molecule has 1 rings (SSSR count). The lowest BCUT2D eigenvalue weighted by Crippen LogP contribution is -1.61. The van der Waals surface area contributed by atoms with E-state index in [1.165, 1.54) is 0 Å². The number of rotatable bonds is 0. The van der Waals surface area contributed by atoms with Crippen molar-refractivity contribution in [2.75, 3.05) is 11.5 Å². The van der Waals surface area contributed by atoms with Crippen LogP contribution in [0, 0.1) is 0 Å². The van der Waals surface area contributed by atoms with Crippen molar-refractivity contribution in [1.82, 2.24) is 0 Å². The van der Waals surface area contributed by atoms with Crippen LogP contribution in [-0.4, -0.2) is 19.9 Å². The molecular formula is C2H5ClO2S. The van der Waals surface area contributed by atoms with Gasteiger partial charge in [-0.3, -0.25) is 0 Å². The summed E-state index contributed by atoms with van der Waals surface area (Å²) < 4.78 is 19.5. The maximum Gasteiger partial charge on any atom is 0.152 e. The maximum atomic E-state index is 9.74. The first-order valence-electron chi connectivity index (χ1n) is 1.41. The predicted molar refractivity (Wildman–Crippen MR) is 25.9 cm³/mol. The molecule has 6 heavy (non-hydrogen) atoms. The van der Waals surface area contributed by atoms with Crippen LogP contribution in [0.5, 0.6) is 0 Å². The molecular weight excluding hydrogens is 124 g/mol. The summed E-state index contributed by atoms with van der Waals surface area (Å²) in [5.41, 5.74) is 0. The Morgan fingerprint density at radius 2 is 1.33 bits per heavy atom. The van der Waals surface area contributed by atoms with Gasteiger partial charge in [0.2, 0.25) is 0 Å². The molecule has 0 aromatic heterocycles. The summed E-state index contributed by atoms with van der Waals surface area (Å²) in [6.45, 7) is 0. The zero-order valence-corrected chi connectivity index (χ0v) is 4.68. The minimum absolute atomic E-state index is 0. The molecule has 0 radical (unpaired) electrons. The van der Waals surface area contributed by atoms with Crippen molar-refractivity contribution in [1.29, 1.82) is 0 Å². The van der Waals surface area contributed by atoms with Gasteiger partial charge in [-0.2, -0.15) is 0 Å². The van der Waals surface area contributed by atoms with E-state index in [2.05, 4.69) is 0 Å². The summed E-state index contributed by atoms with van der Waals surface area (Å²) in [7, 11) is -2.42. The van der Waals surface area contributed by atoms with Crippen molar-refractivity contribution in [3.8, 4) is 0 Å². The zero-order valence-electron chi connectivity index (χ0n) is 3.05. The van der Waals surface area contributed by atoms with Crippen LogP contribution in [0.2, 0.25) is 0 Å². The highest BCUT2D eigenvalue weighted by Gasteiger charge is 2.25. The van der Waals surface area contributed by atoms with E-state index in [0.29, 0.717) is 11.5 Å². The maximum absolute atomic E-state index is 9.74. The Labute approximate surface area is 42.9 Å². The van der Waals surface area contributed by atoms with E-state index in [1.54, 1.807) is 0 Å². The smallest absolute Gasteiger partial charge is 0.152 e. The molecule has 0 atom stereocenters. The van der Waals surface area contributed by atoms with Crippen LogP contribution in [0.15, 0.2) is 0 Å². The largest absolute Gasteiger partial charge is 0.229 e. The Bertz CT molecular complexity index is 114. The average molecular weight is 129 g/mol. The average Bonchev–Trinajstić information content (AvgIpc) is 1.76. The summed E-state index contributed by atoms with van der Waals surface area (Å²) in [4.78, 5) is 0. The second kappa shape index (κ2) is 1.39. The molecule has 1 aliphatic heterocycles. The van der Waals surface area contributed by atoms with Crippen LogP contribution in [-0.2, 0) is 9.84 Å². The minimum Gasteiger partial charge on any atom is -0.229 e. The van der Waals surface area contributed by atoms with Gasteiger partial charge in [0.1, 0.15) is 0 Å². The van der Waals surface area contributed by atoms with Gasteiger partial charge in [-0.15, -0.1) is 12.4 Å². The Morgan fingerprint density at radius 1 is 1.17 bits per heavy atom. The molecule has 1 aliphatic rings. The fraction of sp³-hybridized carbons (Fsp3) is 1.00. The van der Waals surface area contributed by atoms with Gasteiger partial charge in [-0.25, -0.2) is 8.42 Å². The lowest BCUT2D eigenvalue weighted by atomic mass is 11.0. The van der Waals surface area contributed by atoms with E-state index in [9.17, 15) is 8.42 Å². The molecule has 1 heterocycles. The molecule has 1 saturated heterocycles. The molecule has 0 aliphatic carbocycles. The van der Waals surface area contributed by atoms with Crippen molar-refractivity contribution in [2.24, 2.45) is 0 Å². The first-order valence-corrected chi connectivity index (χ1v) is 3.23. The first-order chi connectivity index (χ1) is 2.21. The van der Waals surface area contributed by atoms with Crippen molar-refractivity contribution in [3.05, 3.63) is 0 Å². The molecule has 0 N–H and O–H groups in total. The van der Waals surface area contributed by atoms with E-state index in [1.807, 2.05) is 0 Å². The third-order valence-electron chi connectivity index (χ3n) is 0.537. The SMILES string of the molecule is Cl.O=S1(=O)CC1. The molecule has 0 aromatic carbocycles. The quantitative estimate of drug-likeness (QED) is 0.425. The molecule has 1 fully saturated rings. The fourth-order valence-corrected chi connectivity index (χ4v) is 0.612. The third kappa shape index (κ3) is 1.62. The fourth-order valence-electron chi connectivity index (χ4n) is 0.0680. The molecule has 0 spiro atoms. The zero-order chi connectivity index (χ0) is 3.91. The van der Waals surface area contributed by atoms with Crippen molar-refractivity contribution in [2.45, 2.75) is 0 Å². The van der Waals surface area contributed by atoms with Crippen LogP contribution in [0.3, 0.4) is 0 Å². The first kappa shape index (κ1) is 6.24. The summed E-state index contributed by atoms with van der Waals surface area (Å²) in [5, 5.41) is 0. The lowest BCUT2D eigenvalue weighted by Gasteiger charge is -1.46. The molecule has 4 heteroatoms. The molecule has 0 unspecified atom stereocenters. The van der Waals surface area contributed by atoms with Gasteiger partial charge in [-0.1, -0.05) is 0 Å². The summed E-state index contributed by atoms with van der Waals surface area (Å²) >= 11 is 0. The van der Waals surface area contributed by atoms with Gasteiger partial charge in [0, 0.05) is 0 Å². The monoisotopic (exact) mass is 128 g/mol. The van der Waals surface area contributed by atoms with Gasteiger partial charge in [0.05, 0.1) is 11.5 Å². The van der Waals surface area contributed by atoms with Gasteiger partial charge < -0.3 is 0 Å². The van der Waals surface area contributed by atoms with Crippen molar-refractivity contribution in [3.63, 3.8) is 0 Å². The van der Waals surface area contributed by atoms with Gasteiger partial charge in [0.25, 0.3) is 0 Å².